The third-order valence-corrected chi connectivity index (χ3v) is 2.38. The molecule has 0 heterocycles. The third kappa shape index (κ3) is 4.24. The van der Waals surface area contributed by atoms with Crippen LogP contribution in [0.5, 0.6) is 0 Å². The molecule has 0 amide bonds. The van der Waals surface area contributed by atoms with Crippen LogP contribution in [-0.4, -0.2) is 36.2 Å². The highest BCUT2D eigenvalue weighted by molar-refractivity contribution is 5.69. The Morgan fingerprint density at radius 1 is 1.00 bits per heavy atom. The second-order valence-electron chi connectivity index (χ2n) is 4.11. The molecular formula is C13H16O6. The maximum atomic E-state index is 11.1. The molecule has 0 aromatic carbocycles. The maximum Gasteiger partial charge on any atom is 0.303 e. The van der Waals surface area contributed by atoms with Gasteiger partial charge in [-0.05, 0) is 11.6 Å². The molecule has 1 aliphatic carbocycles. The van der Waals surface area contributed by atoms with Crippen molar-refractivity contribution in [2.75, 3.05) is 0 Å². The lowest BCUT2D eigenvalue weighted by molar-refractivity contribution is -0.176. The van der Waals surface area contributed by atoms with E-state index in [0.717, 1.165) is 0 Å². The van der Waals surface area contributed by atoms with E-state index in [-0.39, 0.29) is 0 Å². The molecular weight excluding hydrogens is 252 g/mol. The lowest BCUT2D eigenvalue weighted by Gasteiger charge is -2.33. The zero-order valence-corrected chi connectivity index (χ0v) is 11.0. The zero-order valence-electron chi connectivity index (χ0n) is 11.0. The van der Waals surface area contributed by atoms with E-state index in [1.807, 2.05) is 0 Å². The molecule has 0 aliphatic heterocycles. The Morgan fingerprint density at radius 3 is 2.00 bits per heavy atom. The number of rotatable bonds is 3. The normalized spacial score (nSPS) is 25.6. The number of ether oxygens (including phenoxy) is 3. The molecule has 6 heteroatoms. The van der Waals surface area contributed by atoms with Crippen LogP contribution in [0.15, 0.2) is 24.3 Å². The summed E-state index contributed by atoms with van der Waals surface area (Å²) in [6.07, 6.45) is 0.508. The minimum Gasteiger partial charge on any atom is -0.454 e. The quantitative estimate of drug-likeness (QED) is 0.559. The average Bonchev–Trinajstić information content (AvgIpc) is 2.25. The highest BCUT2D eigenvalue weighted by Gasteiger charge is 2.39. The molecule has 0 unspecified atom stereocenters. The molecule has 19 heavy (non-hydrogen) atoms. The van der Waals surface area contributed by atoms with E-state index in [0.29, 0.717) is 5.57 Å². The van der Waals surface area contributed by atoms with Gasteiger partial charge in [0.1, 0.15) is 0 Å². The highest BCUT2D eigenvalue weighted by atomic mass is 16.6. The SMILES string of the molecule is C=C1C=C[C@H](OC(C)=O)[C@@H](OC(C)=O)[C@H]1OC(C)=O. The van der Waals surface area contributed by atoms with Crippen molar-refractivity contribution in [3.63, 3.8) is 0 Å². The van der Waals surface area contributed by atoms with Crippen molar-refractivity contribution in [2.45, 2.75) is 39.1 Å². The van der Waals surface area contributed by atoms with Crippen LogP contribution in [0.3, 0.4) is 0 Å². The third-order valence-electron chi connectivity index (χ3n) is 2.38. The van der Waals surface area contributed by atoms with Gasteiger partial charge in [0.15, 0.2) is 18.3 Å². The van der Waals surface area contributed by atoms with E-state index < -0.39 is 36.2 Å². The predicted octanol–water partition coefficient (Wildman–Crippen LogP) is 0.907. The Hall–Kier alpha value is -2.11. The van der Waals surface area contributed by atoms with Crippen molar-refractivity contribution in [2.24, 2.45) is 0 Å². The van der Waals surface area contributed by atoms with Crippen molar-refractivity contribution in [3.8, 4) is 0 Å². The lowest BCUT2D eigenvalue weighted by atomic mass is 9.94. The zero-order chi connectivity index (χ0) is 14.6. The highest BCUT2D eigenvalue weighted by Crippen LogP contribution is 2.25. The smallest absolute Gasteiger partial charge is 0.303 e. The fraction of sp³-hybridized carbons (Fsp3) is 0.462. The van der Waals surface area contributed by atoms with Gasteiger partial charge in [0.2, 0.25) is 0 Å². The number of carbonyl (C=O) groups is 3. The van der Waals surface area contributed by atoms with Gasteiger partial charge in [-0.3, -0.25) is 14.4 Å². The first-order valence-electron chi connectivity index (χ1n) is 5.70. The van der Waals surface area contributed by atoms with E-state index in [9.17, 15) is 14.4 Å². The van der Waals surface area contributed by atoms with Crippen molar-refractivity contribution in [1.82, 2.24) is 0 Å². The van der Waals surface area contributed by atoms with E-state index >= 15 is 0 Å². The Bertz CT molecular complexity index is 436. The Morgan fingerprint density at radius 2 is 1.53 bits per heavy atom. The standard InChI is InChI=1S/C13H16O6/c1-7-5-6-11(17-8(2)14)13(19-10(4)16)12(7)18-9(3)15/h5-6,11-13H,1H2,2-4H3/t11-,12-,13+/m0/s1. The summed E-state index contributed by atoms with van der Waals surface area (Å²) < 4.78 is 15.2. The predicted molar refractivity (Wildman–Crippen MR) is 64.9 cm³/mol. The lowest BCUT2D eigenvalue weighted by Crippen LogP contribution is -2.46. The Balaban J connectivity index is 3.00. The van der Waals surface area contributed by atoms with Crippen molar-refractivity contribution in [1.29, 1.82) is 0 Å². The minimum atomic E-state index is -0.928. The molecule has 0 spiro atoms. The van der Waals surface area contributed by atoms with Crippen LogP contribution in [-0.2, 0) is 28.6 Å². The first kappa shape index (κ1) is 14.9. The fourth-order valence-corrected chi connectivity index (χ4v) is 1.75. The summed E-state index contributed by atoms with van der Waals surface area (Å²) in [5, 5.41) is 0. The van der Waals surface area contributed by atoms with Crippen LogP contribution in [0.1, 0.15) is 20.8 Å². The summed E-state index contributed by atoms with van der Waals surface area (Å²) in [5.41, 5.74) is 0.463. The molecule has 1 rings (SSSR count). The van der Waals surface area contributed by atoms with E-state index in [2.05, 4.69) is 6.58 Å². The number of hydrogen-bond acceptors (Lipinski definition) is 6. The second-order valence-corrected chi connectivity index (χ2v) is 4.11. The molecule has 104 valence electrons. The van der Waals surface area contributed by atoms with Crippen LogP contribution in [0.2, 0.25) is 0 Å². The molecule has 0 saturated heterocycles. The molecule has 0 fully saturated rings. The molecule has 0 N–H and O–H groups in total. The first-order chi connectivity index (χ1) is 8.81. The number of esters is 3. The fourth-order valence-electron chi connectivity index (χ4n) is 1.75. The van der Waals surface area contributed by atoms with E-state index in [1.165, 1.54) is 26.8 Å². The van der Waals surface area contributed by atoms with Gasteiger partial charge in [0.25, 0.3) is 0 Å². The van der Waals surface area contributed by atoms with Crippen molar-refractivity contribution < 1.29 is 28.6 Å². The minimum absolute atomic E-state index is 0.463. The van der Waals surface area contributed by atoms with Gasteiger partial charge >= 0.3 is 17.9 Å². The summed E-state index contributed by atoms with van der Waals surface area (Å²) in [7, 11) is 0. The van der Waals surface area contributed by atoms with Gasteiger partial charge in [0, 0.05) is 20.8 Å². The molecule has 0 aromatic rings. The maximum absolute atomic E-state index is 11.1. The van der Waals surface area contributed by atoms with E-state index in [1.54, 1.807) is 6.08 Å². The number of carbonyl (C=O) groups excluding carboxylic acids is 3. The average molecular weight is 268 g/mol. The summed E-state index contributed by atoms with van der Waals surface area (Å²) in [4.78, 5) is 33.2. The van der Waals surface area contributed by atoms with Crippen molar-refractivity contribution >= 4 is 17.9 Å². The second kappa shape index (κ2) is 6.17. The van der Waals surface area contributed by atoms with Crippen molar-refractivity contribution in [3.05, 3.63) is 24.3 Å². The largest absolute Gasteiger partial charge is 0.454 e. The van der Waals surface area contributed by atoms with Crippen LogP contribution in [0, 0.1) is 0 Å². The number of hydrogen-bond donors (Lipinski definition) is 0. The van der Waals surface area contributed by atoms with Crippen LogP contribution in [0.4, 0.5) is 0 Å². The van der Waals surface area contributed by atoms with E-state index in [4.69, 9.17) is 14.2 Å². The molecule has 6 nitrogen and oxygen atoms in total. The molecule has 0 radical (unpaired) electrons. The van der Waals surface area contributed by atoms with Crippen LogP contribution in [0.25, 0.3) is 0 Å². The van der Waals surface area contributed by atoms with Gasteiger partial charge in [-0.25, -0.2) is 0 Å². The molecule has 0 saturated carbocycles. The van der Waals surface area contributed by atoms with Crippen LogP contribution >= 0.6 is 0 Å². The van der Waals surface area contributed by atoms with Gasteiger partial charge in [-0.1, -0.05) is 12.7 Å². The Labute approximate surface area is 111 Å². The van der Waals surface area contributed by atoms with Gasteiger partial charge in [-0.2, -0.15) is 0 Å². The molecule has 1 aliphatic rings. The van der Waals surface area contributed by atoms with Crippen LogP contribution < -0.4 is 0 Å². The van der Waals surface area contributed by atoms with Gasteiger partial charge in [0.05, 0.1) is 0 Å². The monoisotopic (exact) mass is 268 g/mol. The molecule has 0 aromatic heterocycles. The first-order valence-corrected chi connectivity index (χ1v) is 5.70. The summed E-state index contributed by atoms with van der Waals surface area (Å²) >= 11 is 0. The molecule has 3 atom stereocenters. The van der Waals surface area contributed by atoms with Gasteiger partial charge < -0.3 is 14.2 Å². The Kier molecular flexibility index (Phi) is 4.86. The molecule has 0 bridgehead atoms. The van der Waals surface area contributed by atoms with Gasteiger partial charge in [-0.15, -0.1) is 0 Å². The summed E-state index contributed by atoms with van der Waals surface area (Å²) in [6, 6.07) is 0. The topological polar surface area (TPSA) is 78.9 Å². The summed E-state index contributed by atoms with van der Waals surface area (Å²) in [6.45, 7) is 7.42. The summed E-state index contributed by atoms with van der Waals surface area (Å²) in [5.74, 6) is -1.64.